The monoisotopic (exact) mass is 313 g/mol. The lowest BCUT2D eigenvalue weighted by molar-refractivity contribution is -0.175. The van der Waals surface area contributed by atoms with E-state index in [2.05, 4.69) is 10.1 Å². The molecule has 0 amide bonds. The molecule has 2 nitrogen and oxygen atoms in total. The summed E-state index contributed by atoms with van der Waals surface area (Å²) in [6.07, 6.45) is -3.61. The fraction of sp³-hybridized carbons (Fsp3) is 0.538. The van der Waals surface area contributed by atoms with Crippen molar-refractivity contribution in [1.29, 1.82) is 0 Å². The number of alkyl halides is 3. The molecule has 7 heteroatoms. The number of benzene rings is 1. The van der Waals surface area contributed by atoms with E-state index in [0.29, 0.717) is 12.1 Å². The van der Waals surface area contributed by atoms with Crippen LogP contribution in [-0.4, -0.2) is 25.9 Å². The highest BCUT2D eigenvalue weighted by Crippen LogP contribution is 2.25. The molecule has 0 aliphatic carbocycles. The fourth-order valence-electron chi connectivity index (χ4n) is 1.65. The highest BCUT2D eigenvalue weighted by Gasteiger charge is 2.28. The molecular weight excluding hydrogens is 298 g/mol. The van der Waals surface area contributed by atoms with Crippen molar-refractivity contribution in [2.45, 2.75) is 25.6 Å². The summed E-state index contributed by atoms with van der Waals surface area (Å²) in [6.45, 7) is 0.896. The summed E-state index contributed by atoms with van der Waals surface area (Å²) in [6, 6.07) is 3.18. The van der Waals surface area contributed by atoms with E-state index in [1.807, 2.05) is 6.92 Å². The molecule has 0 spiro atoms. The van der Waals surface area contributed by atoms with Crippen LogP contribution in [-0.2, 0) is 4.74 Å². The van der Waals surface area contributed by atoms with Crippen molar-refractivity contribution in [3.63, 3.8) is 0 Å². The minimum absolute atomic E-state index is 0.233. The van der Waals surface area contributed by atoms with E-state index >= 15 is 0 Å². The Balaban J connectivity index is 2.75. The Morgan fingerprint density at radius 1 is 1.35 bits per heavy atom. The Morgan fingerprint density at radius 3 is 2.65 bits per heavy atom. The first kappa shape index (κ1) is 17.2. The third-order valence-electron chi connectivity index (χ3n) is 2.52. The standard InChI is InChI=1S/C13H16ClF4NO/c1-2-5-19-12(7-20-8-13(16,17)18)10-6-9(15)3-4-11(10)14/h3-4,6,12,19H,2,5,7-8H2,1H3. The molecule has 1 aromatic carbocycles. The number of rotatable bonds is 7. The van der Waals surface area contributed by atoms with Gasteiger partial charge in [0, 0.05) is 5.02 Å². The van der Waals surface area contributed by atoms with Crippen LogP contribution in [0.5, 0.6) is 0 Å². The molecule has 0 radical (unpaired) electrons. The van der Waals surface area contributed by atoms with Crippen LogP contribution < -0.4 is 5.32 Å². The summed E-state index contributed by atoms with van der Waals surface area (Å²) in [7, 11) is 0. The summed E-state index contributed by atoms with van der Waals surface area (Å²) < 4.78 is 54.1. The predicted octanol–water partition coefficient (Wildman–Crippen LogP) is 4.10. The summed E-state index contributed by atoms with van der Waals surface area (Å²) in [5, 5.41) is 3.28. The van der Waals surface area contributed by atoms with E-state index in [-0.39, 0.29) is 11.6 Å². The Kier molecular flexibility index (Phi) is 6.71. The van der Waals surface area contributed by atoms with Gasteiger partial charge in [-0.05, 0) is 36.7 Å². The summed E-state index contributed by atoms with van der Waals surface area (Å²) in [5.41, 5.74) is 0.391. The second-order valence-electron chi connectivity index (χ2n) is 4.30. The van der Waals surface area contributed by atoms with Crippen molar-refractivity contribution in [3.05, 3.63) is 34.6 Å². The first-order chi connectivity index (χ1) is 9.33. The Hall–Kier alpha value is -0.850. The second-order valence-corrected chi connectivity index (χ2v) is 4.71. The van der Waals surface area contributed by atoms with Crippen LogP contribution in [0.15, 0.2) is 18.2 Å². The molecule has 0 aliphatic heterocycles. The maximum absolute atomic E-state index is 13.2. The van der Waals surface area contributed by atoms with Crippen LogP contribution in [0, 0.1) is 5.82 Å². The Labute approximate surface area is 120 Å². The first-order valence-electron chi connectivity index (χ1n) is 6.16. The topological polar surface area (TPSA) is 21.3 Å². The molecule has 1 atom stereocenters. The number of ether oxygens (including phenoxy) is 1. The quantitative estimate of drug-likeness (QED) is 0.765. The van der Waals surface area contributed by atoms with Crippen molar-refractivity contribution in [2.75, 3.05) is 19.8 Å². The molecule has 1 unspecified atom stereocenters. The van der Waals surface area contributed by atoms with Gasteiger partial charge in [0.1, 0.15) is 12.4 Å². The van der Waals surface area contributed by atoms with E-state index in [1.165, 1.54) is 18.2 Å². The lowest BCUT2D eigenvalue weighted by Crippen LogP contribution is -2.29. The zero-order valence-electron chi connectivity index (χ0n) is 10.9. The van der Waals surface area contributed by atoms with Crippen molar-refractivity contribution in [2.24, 2.45) is 0 Å². The predicted molar refractivity (Wildman–Crippen MR) is 69.3 cm³/mol. The van der Waals surface area contributed by atoms with Gasteiger partial charge in [0.15, 0.2) is 0 Å². The smallest absolute Gasteiger partial charge is 0.370 e. The number of hydrogen-bond acceptors (Lipinski definition) is 2. The van der Waals surface area contributed by atoms with E-state index in [0.717, 1.165) is 6.42 Å². The van der Waals surface area contributed by atoms with Crippen molar-refractivity contribution in [1.82, 2.24) is 5.32 Å². The van der Waals surface area contributed by atoms with E-state index in [1.54, 1.807) is 0 Å². The van der Waals surface area contributed by atoms with Gasteiger partial charge < -0.3 is 10.1 Å². The molecule has 1 rings (SSSR count). The van der Waals surface area contributed by atoms with Crippen LogP contribution in [0.4, 0.5) is 17.6 Å². The second kappa shape index (κ2) is 7.81. The van der Waals surface area contributed by atoms with Gasteiger partial charge in [0.25, 0.3) is 0 Å². The van der Waals surface area contributed by atoms with Gasteiger partial charge in [-0.2, -0.15) is 13.2 Å². The highest BCUT2D eigenvalue weighted by atomic mass is 35.5. The minimum atomic E-state index is -4.39. The Morgan fingerprint density at radius 2 is 2.05 bits per heavy atom. The molecule has 0 saturated carbocycles. The molecule has 0 heterocycles. The van der Waals surface area contributed by atoms with E-state index < -0.39 is 24.6 Å². The zero-order chi connectivity index (χ0) is 15.2. The van der Waals surface area contributed by atoms with Crippen molar-refractivity contribution < 1.29 is 22.3 Å². The van der Waals surface area contributed by atoms with Gasteiger partial charge in [-0.3, -0.25) is 0 Å². The number of halogens is 5. The highest BCUT2D eigenvalue weighted by molar-refractivity contribution is 6.31. The SMILES string of the molecule is CCCNC(COCC(F)(F)F)c1cc(F)ccc1Cl. The lowest BCUT2D eigenvalue weighted by atomic mass is 10.1. The van der Waals surface area contributed by atoms with Crippen LogP contribution in [0.25, 0.3) is 0 Å². The fourth-order valence-corrected chi connectivity index (χ4v) is 1.90. The average Bonchev–Trinajstić information content (AvgIpc) is 2.35. The van der Waals surface area contributed by atoms with Crippen LogP contribution in [0.3, 0.4) is 0 Å². The third-order valence-corrected chi connectivity index (χ3v) is 2.87. The molecule has 0 fully saturated rings. The molecule has 0 aromatic heterocycles. The van der Waals surface area contributed by atoms with Gasteiger partial charge in [-0.1, -0.05) is 18.5 Å². The molecule has 0 saturated heterocycles. The van der Waals surface area contributed by atoms with Gasteiger partial charge in [0.05, 0.1) is 12.6 Å². The molecule has 114 valence electrons. The van der Waals surface area contributed by atoms with Crippen LogP contribution in [0.2, 0.25) is 5.02 Å². The largest absolute Gasteiger partial charge is 0.411 e. The van der Waals surface area contributed by atoms with E-state index in [9.17, 15) is 17.6 Å². The van der Waals surface area contributed by atoms with Gasteiger partial charge in [-0.15, -0.1) is 0 Å². The summed E-state index contributed by atoms with van der Waals surface area (Å²) in [5.74, 6) is -0.497. The molecule has 1 N–H and O–H groups in total. The number of nitrogens with one attached hydrogen (secondary N) is 1. The van der Waals surface area contributed by atoms with Crippen molar-refractivity contribution >= 4 is 11.6 Å². The third kappa shape index (κ3) is 6.07. The summed E-state index contributed by atoms with van der Waals surface area (Å²) >= 11 is 5.95. The van der Waals surface area contributed by atoms with Crippen LogP contribution in [0.1, 0.15) is 24.9 Å². The van der Waals surface area contributed by atoms with Gasteiger partial charge >= 0.3 is 6.18 Å². The molecule has 0 aliphatic rings. The summed E-state index contributed by atoms with van der Waals surface area (Å²) in [4.78, 5) is 0. The minimum Gasteiger partial charge on any atom is -0.370 e. The van der Waals surface area contributed by atoms with Gasteiger partial charge in [-0.25, -0.2) is 4.39 Å². The lowest BCUT2D eigenvalue weighted by Gasteiger charge is -2.20. The molecule has 1 aromatic rings. The van der Waals surface area contributed by atoms with Crippen molar-refractivity contribution in [3.8, 4) is 0 Å². The van der Waals surface area contributed by atoms with Crippen LogP contribution >= 0.6 is 11.6 Å². The molecule has 20 heavy (non-hydrogen) atoms. The Bertz CT molecular complexity index is 425. The maximum Gasteiger partial charge on any atom is 0.411 e. The normalized spacial score (nSPS) is 13.5. The molecular formula is C13H16ClF4NO. The van der Waals surface area contributed by atoms with E-state index in [4.69, 9.17) is 11.6 Å². The zero-order valence-corrected chi connectivity index (χ0v) is 11.7. The number of hydrogen-bond donors (Lipinski definition) is 1. The first-order valence-corrected chi connectivity index (χ1v) is 6.54. The molecule has 0 bridgehead atoms. The average molecular weight is 314 g/mol. The maximum atomic E-state index is 13.2. The van der Waals surface area contributed by atoms with Gasteiger partial charge in [0.2, 0.25) is 0 Å².